The topological polar surface area (TPSA) is 40.5 Å². The molecule has 2 fully saturated rings. The van der Waals surface area contributed by atoms with Gasteiger partial charge in [-0.1, -0.05) is 38.2 Å². The van der Waals surface area contributed by atoms with Crippen LogP contribution in [0.15, 0.2) is 24.3 Å². The summed E-state index contributed by atoms with van der Waals surface area (Å²) in [5.74, 6) is 1.48. The third-order valence-corrected chi connectivity index (χ3v) is 7.60. The molecule has 0 heterocycles. The van der Waals surface area contributed by atoms with E-state index >= 15 is 0 Å². The zero-order chi connectivity index (χ0) is 15.7. The van der Waals surface area contributed by atoms with Crippen LogP contribution in [0.2, 0.25) is 0 Å². The zero-order valence-electron chi connectivity index (χ0n) is 13.5. The maximum atomic E-state index is 14.2. The summed E-state index contributed by atoms with van der Waals surface area (Å²) in [5, 5.41) is 20.2. The quantitative estimate of drug-likeness (QED) is 0.675. The van der Waals surface area contributed by atoms with Gasteiger partial charge in [-0.25, -0.2) is 4.39 Å². The molecule has 4 aliphatic rings. The summed E-state index contributed by atoms with van der Waals surface area (Å²) < 4.78 is 14.2. The fraction of sp³-hybridized carbons (Fsp3) is 0.789. The lowest BCUT2D eigenvalue weighted by Crippen LogP contribution is -2.51. The van der Waals surface area contributed by atoms with Crippen LogP contribution in [-0.4, -0.2) is 28.6 Å². The van der Waals surface area contributed by atoms with Gasteiger partial charge < -0.3 is 10.2 Å². The smallest absolute Gasteiger partial charge is 0.127 e. The van der Waals surface area contributed by atoms with Crippen LogP contribution in [0.5, 0.6) is 0 Å². The molecule has 9 atom stereocenters. The number of halogens is 1. The van der Waals surface area contributed by atoms with Crippen molar-refractivity contribution < 1.29 is 14.6 Å². The van der Waals surface area contributed by atoms with Crippen molar-refractivity contribution in [3.05, 3.63) is 24.3 Å². The van der Waals surface area contributed by atoms with E-state index in [1.54, 1.807) is 0 Å². The Hall–Kier alpha value is -0.670. The monoisotopic (exact) mass is 306 g/mol. The number of aliphatic hydroxyl groups excluding tert-OH is 2. The predicted octanol–water partition coefficient (Wildman–Crippen LogP) is 3.25. The third kappa shape index (κ3) is 1.78. The van der Waals surface area contributed by atoms with Gasteiger partial charge in [0.25, 0.3) is 0 Å². The first-order valence-corrected chi connectivity index (χ1v) is 8.74. The van der Waals surface area contributed by atoms with Gasteiger partial charge in [-0.3, -0.25) is 0 Å². The Morgan fingerprint density at radius 1 is 1.05 bits per heavy atom. The highest BCUT2D eigenvalue weighted by atomic mass is 19.1. The molecule has 0 amide bonds. The van der Waals surface area contributed by atoms with E-state index in [1.165, 1.54) is 0 Å². The Labute approximate surface area is 132 Å². The second kappa shape index (κ2) is 4.67. The van der Waals surface area contributed by atoms with Crippen molar-refractivity contribution in [2.45, 2.75) is 57.9 Å². The van der Waals surface area contributed by atoms with Crippen LogP contribution in [0.25, 0.3) is 0 Å². The first kappa shape index (κ1) is 14.9. The van der Waals surface area contributed by atoms with E-state index in [-0.39, 0.29) is 22.9 Å². The van der Waals surface area contributed by atoms with Crippen molar-refractivity contribution in [2.75, 3.05) is 0 Å². The molecule has 122 valence electrons. The maximum Gasteiger partial charge on any atom is 0.127 e. The molecule has 3 heteroatoms. The second-order valence-corrected chi connectivity index (χ2v) is 8.55. The summed E-state index contributed by atoms with van der Waals surface area (Å²) >= 11 is 0. The molecule has 0 aromatic carbocycles. The van der Waals surface area contributed by atoms with Gasteiger partial charge >= 0.3 is 0 Å². The Bertz CT molecular complexity index is 530. The number of alkyl halides is 1. The number of hydrogen-bond donors (Lipinski definition) is 2. The SMILES string of the molecule is C[C@]12C=CC(O)CC1C=C[C@@H]1[C@H]2CC[C@]2(C)C(O)C(F)C[C@@H]12. The lowest BCUT2D eigenvalue weighted by molar-refractivity contribution is -0.0651. The van der Waals surface area contributed by atoms with E-state index in [9.17, 15) is 14.6 Å². The minimum Gasteiger partial charge on any atom is -0.390 e. The van der Waals surface area contributed by atoms with Gasteiger partial charge in [0.05, 0.1) is 12.2 Å². The molecule has 4 rings (SSSR count). The average molecular weight is 306 g/mol. The van der Waals surface area contributed by atoms with E-state index in [4.69, 9.17) is 0 Å². The molecule has 2 N–H and O–H groups in total. The largest absolute Gasteiger partial charge is 0.390 e. The van der Waals surface area contributed by atoms with Crippen LogP contribution >= 0.6 is 0 Å². The van der Waals surface area contributed by atoms with Crippen molar-refractivity contribution in [3.8, 4) is 0 Å². The summed E-state index contributed by atoms with van der Waals surface area (Å²) in [4.78, 5) is 0. The zero-order valence-corrected chi connectivity index (χ0v) is 13.5. The number of rotatable bonds is 0. The molecular formula is C19H27FO2. The van der Waals surface area contributed by atoms with Gasteiger partial charge in [-0.05, 0) is 60.2 Å². The Kier molecular flexibility index (Phi) is 3.16. The summed E-state index contributed by atoms with van der Waals surface area (Å²) in [7, 11) is 0. The van der Waals surface area contributed by atoms with Gasteiger partial charge in [0.15, 0.2) is 0 Å². The maximum absolute atomic E-state index is 14.2. The van der Waals surface area contributed by atoms with Crippen LogP contribution < -0.4 is 0 Å². The van der Waals surface area contributed by atoms with E-state index in [2.05, 4.69) is 32.1 Å². The Morgan fingerprint density at radius 2 is 1.82 bits per heavy atom. The molecule has 0 aliphatic heterocycles. The fourth-order valence-electron chi connectivity index (χ4n) is 6.12. The van der Waals surface area contributed by atoms with Gasteiger partial charge in [-0.15, -0.1) is 0 Å². The first-order chi connectivity index (χ1) is 10.4. The van der Waals surface area contributed by atoms with Gasteiger partial charge in [-0.2, -0.15) is 0 Å². The molecule has 2 nitrogen and oxygen atoms in total. The third-order valence-electron chi connectivity index (χ3n) is 7.60. The predicted molar refractivity (Wildman–Crippen MR) is 83.8 cm³/mol. The number of aliphatic hydroxyl groups is 2. The molecular weight excluding hydrogens is 279 g/mol. The summed E-state index contributed by atoms with van der Waals surface area (Å²) in [5.41, 5.74) is -0.203. The van der Waals surface area contributed by atoms with Crippen molar-refractivity contribution >= 4 is 0 Å². The fourth-order valence-corrected chi connectivity index (χ4v) is 6.12. The Balaban J connectivity index is 1.71. The highest BCUT2D eigenvalue weighted by Gasteiger charge is 2.60. The van der Waals surface area contributed by atoms with Crippen LogP contribution in [-0.2, 0) is 0 Å². The molecule has 0 aromatic heterocycles. The highest BCUT2D eigenvalue weighted by molar-refractivity contribution is 5.24. The molecule has 4 unspecified atom stereocenters. The molecule has 4 aliphatic carbocycles. The van der Waals surface area contributed by atoms with Crippen LogP contribution in [0.3, 0.4) is 0 Å². The molecule has 2 saturated carbocycles. The molecule has 0 bridgehead atoms. The molecule has 22 heavy (non-hydrogen) atoms. The van der Waals surface area contributed by atoms with Gasteiger partial charge in [0, 0.05) is 0 Å². The molecule has 0 spiro atoms. The van der Waals surface area contributed by atoms with E-state index < -0.39 is 12.3 Å². The van der Waals surface area contributed by atoms with E-state index in [1.807, 2.05) is 6.08 Å². The minimum atomic E-state index is -1.07. The summed E-state index contributed by atoms with van der Waals surface area (Å²) in [6.45, 7) is 4.39. The minimum absolute atomic E-state index is 0.0688. The highest BCUT2D eigenvalue weighted by Crippen LogP contribution is 2.63. The number of allylic oxidation sites excluding steroid dienone is 3. The van der Waals surface area contributed by atoms with Gasteiger partial charge in [0.2, 0.25) is 0 Å². The lowest BCUT2D eigenvalue weighted by Gasteiger charge is -2.56. The normalized spacial score (nSPS) is 59.8. The van der Waals surface area contributed by atoms with Crippen LogP contribution in [0, 0.1) is 34.5 Å². The van der Waals surface area contributed by atoms with Crippen molar-refractivity contribution in [2.24, 2.45) is 34.5 Å². The summed E-state index contributed by atoms with van der Waals surface area (Å²) in [6, 6.07) is 0. The average Bonchev–Trinajstić information content (AvgIpc) is 2.72. The van der Waals surface area contributed by atoms with Crippen LogP contribution in [0.1, 0.15) is 39.5 Å². The molecule has 0 aromatic rings. The van der Waals surface area contributed by atoms with Crippen LogP contribution in [0.4, 0.5) is 4.39 Å². The van der Waals surface area contributed by atoms with E-state index in [0.29, 0.717) is 24.2 Å². The Morgan fingerprint density at radius 3 is 2.59 bits per heavy atom. The number of hydrogen-bond acceptors (Lipinski definition) is 2. The van der Waals surface area contributed by atoms with Crippen molar-refractivity contribution in [3.63, 3.8) is 0 Å². The first-order valence-electron chi connectivity index (χ1n) is 8.74. The van der Waals surface area contributed by atoms with Crippen molar-refractivity contribution in [1.82, 2.24) is 0 Å². The molecule has 0 saturated heterocycles. The van der Waals surface area contributed by atoms with Gasteiger partial charge in [0.1, 0.15) is 6.17 Å². The molecule has 0 radical (unpaired) electrons. The second-order valence-electron chi connectivity index (χ2n) is 8.55. The summed E-state index contributed by atoms with van der Waals surface area (Å²) in [6.07, 6.45) is 9.74. The van der Waals surface area contributed by atoms with E-state index in [0.717, 1.165) is 19.3 Å². The van der Waals surface area contributed by atoms with Crippen molar-refractivity contribution in [1.29, 1.82) is 0 Å². The lowest BCUT2D eigenvalue weighted by atomic mass is 9.48. The standard InChI is InChI=1S/C19H27FO2/c1-18-7-5-12(21)9-11(18)3-4-13-14(18)6-8-19(2)15(13)10-16(20)17(19)22/h3-5,7,11-17,21-22H,6,8-10H2,1-2H3/t11?,12?,13-,14-,15+,16?,17?,18+,19+/m1/s1. The number of fused-ring (bicyclic) bond motifs is 5.